The molecule has 1 amide bonds. The molecule has 0 fully saturated rings. The Labute approximate surface area is 199 Å². The van der Waals surface area contributed by atoms with E-state index in [9.17, 15) is 18.0 Å². The normalized spacial score (nSPS) is 15.5. The average Bonchev–Trinajstić information content (AvgIpc) is 3.20. The lowest BCUT2D eigenvalue weighted by atomic mass is 9.94. The minimum atomic E-state index is -4.61. The first kappa shape index (κ1) is 22.5. The van der Waals surface area contributed by atoms with E-state index >= 15 is 0 Å². The molecule has 0 spiro atoms. The minimum absolute atomic E-state index is 0.280. The van der Waals surface area contributed by atoms with Gasteiger partial charge in [-0.05, 0) is 48.9 Å². The summed E-state index contributed by atoms with van der Waals surface area (Å²) >= 11 is 0. The molecule has 1 aliphatic rings. The van der Waals surface area contributed by atoms with Gasteiger partial charge in [-0.3, -0.25) is 9.36 Å². The van der Waals surface area contributed by atoms with E-state index in [4.69, 9.17) is 4.74 Å². The van der Waals surface area contributed by atoms with Crippen LogP contribution in [0.25, 0.3) is 11.0 Å². The van der Waals surface area contributed by atoms with Crippen LogP contribution < -0.4 is 15.4 Å². The number of nitrogens with zero attached hydrogens (tertiary/aromatic N) is 2. The molecule has 6 nitrogen and oxygen atoms in total. The van der Waals surface area contributed by atoms with Gasteiger partial charge in [0.15, 0.2) is 0 Å². The zero-order valence-electron chi connectivity index (χ0n) is 18.9. The lowest BCUT2D eigenvalue weighted by Gasteiger charge is -2.31. The predicted octanol–water partition coefficient (Wildman–Crippen LogP) is 5.99. The summed E-state index contributed by atoms with van der Waals surface area (Å²) in [5, 5.41) is 5.65. The van der Waals surface area contributed by atoms with Gasteiger partial charge in [-0.2, -0.15) is 13.2 Å². The van der Waals surface area contributed by atoms with Crippen LogP contribution in [0.3, 0.4) is 0 Å². The van der Waals surface area contributed by atoms with Crippen molar-refractivity contribution in [1.29, 1.82) is 0 Å². The summed E-state index contributed by atoms with van der Waals surface area (Å²) in [5.41, 5.74) is 1.82. The van der Waals surface area contributed by atoms with Crippen LogP contribution in [-0.2, 0) is 11.0 Å². The maximum atomic E-state index is 13.6. The van der Waals surface area contributed by atoms with Crippen molar-refractivity contribution in [3.63, 3.8) is 0 Å². The van der Waals surface area contributed by atoms with Gasteiger partial charge in [-0.1, -0.05) is 36.4 Å². The van der Waals surface area contributed by atoms with Crippen LogP contribution in [0.15, 0.2) is 84.1 Å². The number of para-hydroxylation sites is 3. The van der Waals surface area contributed by atoms with E-state index in [1.54, 1.807) is 26.2 Å². The van der Waals surface area contributed by atoms with Crippen LogP contribution >= 0.6 is 0 Å². The molecule has 0 saturated heterocycles. The van der Waals surface area contributed by atoms with Crippen molar-refractivity contribution < 1.29 is 22.7 Å². The van der Waals surface area contributed by atoms with Crippen molar-refractivity contribution in [3.8, 4) is 5.75 Å². The number of fused-ring (bicyclic) bond motifs is 3. The number of carbonyl (C=O) groups is 1. The molecule has 1 aromatic heterocycles. The second-order valence-corrected chi connectivity index (χ2v) is 8.13. The number of hydrogen-bond acceptors (Lipinski definition) is 4. The van der Waals surface area contributed by atoms with Crippen molar-refractivity contribution in [1.82, 2.24) is 9.55 Å². The molecular weight excluding hydrogens is 457 g/mol. The number of alkyl halides is 3. The molecule has 35 heavy (non-hydrogen) atoms. The fraction of sp³-hybridized carbons (Fsp3) is 0.154. The molecule has 2 N–H and O–H groups in total. The van der Waals surface area contributed by atoms with Gasteiger partial charge in [0, 0.05) is 5.70 Å². The molecule has 178 valence electrons. The third-order valence-electron chi connectivity index (χ3n) is 5.99. The van der Waals surface area contributed by atoms with E-state index in [0.717, 1.165) is 22.7 Å². The maximum Gasteiger partial charge on any atom is 0.418 e. The summed E-state index contributed by atoms with van der Waals surface area (Å²) in [6.45, 7) is 1.71. The minimum Gasteiger partial charge on any atom is -0.497 e. The summed E-state index contributed by atoms with van der Waals surface area (Å²) < 4.78 is 47.8. The highest BCUT2D eigenvalue weighted by Gasteiger charge is 2.37. The van der Waals surface area contributed by atoms with Gasteiger partial charge in [0.1, 0.15) is 5.75 Å². The van der Waals surface area contributed by atoms with Crippen molar-refractivity contribution in [2.24, 2.45) is 0 Å². The Kier molecular flexibility index (Phi) is 5.47. The molecular formula is C26H21F3N4O2. The first-order valence-electron chi connectivity index (χ1n) is 10.8. The summed E-state index contributed by atoms with van der Waals surface area (Å²) in [7, 11) is 1.56. The molecule has 0 aliphatic carbocycles. The van der Waals surface area contributed by atoms with Crippen LogP contribution in [-0.4, -0.2) is 22.6 Å². The molecule has 1 unspecified atom stereocenters. The number of methoxy groups -OCH3 is 1. The van der Waals surface area contributed by atoms with Crippen molar-refractivity contribution in [2.75, 3.05) is 17.7 Å². The van der Waals surface area contributed by atoms with Gasteiger partial charge < -0.3 is 15.4 Å². The number of allylic oxidation sites excluding steroid dienone is 1. The third kappa shape index (κ3) is 3.99. The molecule has 2 heterocycles. The largest absolute Gasteiger partial charge is 0.497 e. The molecule has 4 aromatic rings. The molecule has 3 aromatic carbocycles. The highest BCUT2D eigenvalue weighted by atomic mass is 19.4. The zero-order chi connectivity index (χ0) is 24.7. The standard InChI is InChI=1S/C26H21F3N4O2/c1-15-22(24(34)31-19-8-4-3-7-18(19)26(27,28)29)23(16-11-13-17(35-2)14-12-16)33-21-10-6-5-9-20(21)32-25(33)30-15/h3-14,23H,1-2H3,(H,30,32)(H,31,34). The summed E-state index contributed by atoms with van der Waals surface area (Å²) in [4.78, 5) is 18.2. The van der Waals surface area contributed by atoms with Crippen LogP contribution in [0.1, 0.15) is 24.1 Å². The van der Waals surface area contributed by atoms with Crippen LogP contribution in [0.4, 0.5) is 24.8 Å². The lowest BCUT2D eigenvalue weighted by Crippen LogP contribution is -2.31. The summed E-state index contributed by atoms with van der Waals surface area (Å²) in [6, 6.07) is 19.0. The van der Waals surface area contributed by atoms with E-state index in [2.05, 4.69) is 15.6 Å². The number of ether oxygens (including phenoxy) is 1. The van der Waals surface area contributed by atoms with Crippen LogP contribution in [0.2, 0.25) is 0 Å². The number of anilines is 2. The molecule has 0 bridgehead atoms. The highest BCUT2D eigenvalue weighted by Crippen LogP contribution is 2.41. The van der Waals surface area contributed by atoms with E-state index < -0.39 is 23.7 Å². The van der Waals surface area contributed by atoms with E-state index in [1.165, 1.54) is 18.2 Å². The van der Waals surface area contributed by atoms with Gasteiger partial charge in [0.2, 0.25) is 5.95 Å². The second kappa shape index (κ2) is 8.50. The van der Waals surface area contributed by atoms with Gasteiger partial charge in [0.05, 0.1) is 41.0 Å². The number of imidazole rings is 1. The average molecular weight is 478 g/mol. The van der Waals surface area contributed by atoms with E-state index in [0.29, 0.717) is 17.4 Å². The molecule has 0 radical (unpaired) electrons. The number of amides is 1. The number of nitrogens with one attached hydrogen (secondary N) is 2. The predicted molar refractivity (Wildman–Crippen MR) is 127 cm³/mol. The van der Waals surface area contributed by atoms with E-state index in [-0.39, 0.29) is 11.3 Å². The van der Waals surface area contributed by atoms with Gasteiger partial charge in [-0.15, -0.1) is 0 Å². The first-order chi connectivity index (χ1) is 16.8. The van der Waals surface area contributed by atoms with E-state index in [1.807, 2.05) is 41.0 Å². The van der Waals surface area contributed by atoms with Crippen molar-refractivity contribution >= 4 is 28.6 Å². The topological polar surface area (TPSA) is 68.2 Å². The number of benzene rings is 3. The molecule has 9 heteroatoms. The highest BCUT2D eigenvalue weighted by molar-refractivity contribution is 6.06. The van der Waals surface area contributed by atoms with Crippen molar-refractivity contribution in [3.05, 3.63) is 95.2 Å². The Hall–Kier alpha value is -4.27. The second-order valence-electron chi connectivity index (χ2n) is 8.13. The SMILES string of the molecule is COc1ccc(C2C(C(=O)Nc3ccccc3C(F)(F)F)=C(C)Nc3nc4ccccc4n32)cc1. The molecule has 1 aliphatic heterocycles. The Morgan fingerprint density at radius 2 is 1.71 bits per heavy atom. The maximum absolute atomic E-state index is 13.6. The van der Waals surface area contributed by atoms with Gasteiger partial charge >= 0.3 is 6.18 Å². The smallest absolute Gasteiger partial charge is 0.418 e. The van der Waals surface area contributed by atoms with Crippen LogP contribution in [0.5, 0.6) is 5.75 Å². The number of rotatable bonds is 4. The Balaban J connectivity index is 1.64. The van der Waals surface area contributed by atoms with Crippen molar-refractivity contribution in [2.45, 2.75) is 19.1 Å². The van der Waals surface area contributed by atoms with Gasteiger partial charge in [0.25, 0.3) is 5.91 Å². The Morgan fingerprint density at radius 1 is 1.03 bits per heavy atom. The number of carbonyl (C=O) groups excluding carboxylic acids is 1. The number of halogens is 3. The number of aromatic nitrogens is 2. The molecule has 5 rings (SSSR count). The fourth-order valence-electron chi connectivity index (χ4n) is 4.39. The zero-order valence-corrected chi connectivity index (χ0v) is 18.9. The first-order valence-corrected chi connectivity index (χ1v) is 10.8. The molecule has 1 atom stereocenters. The number of hydrogen-bond donors (Lipinski definition) is 2. The fourth-order valence-corrected chi connectivity index (χ4v) is 4.39. The third-order valence-corrected chi connectivity index (χ3v) is 5.99. The monoisotopic (exact) mass is 478 g/mol. The molecule has 0 saturated carbocycles. The summed E-state index contributed by atoms with van der Waals surface area (Å²) in [6.07, 6.45) is -4.61. The Morgan fingerprint density at radius 3 is 2.43 bits per heavy atom. The van der Waals surface area contributed by atoms with Gasteiger partial charge in [-0.25, -0.2) is 4.98 Å². The Bertz CT molecular complexity index is 1460. The van der Waals surface area contributed by atoms with Crippen LogP contribution in [0, 0.1) is 0 Å². The lowest BCUT2D eigenvalue weighted by molar-refractivity contribution is -0.137. The summed E-state index contributed by atoms with van der Waals surface area (Å²) in [5.74, 6) is 0.539. The quantitative estimate of drug-likeness (QED) is 0.378.